The number of carbonyl (C=O) groups is 2. The van der Waals surface area contributed by atoms with Crippen LogP contribution in [0.25, 0.3) is 0 Å². The minimum absolute atomic E-state index is 0.0411. The molecule has 2 aliphatic rings. The fraction of sp³-hybridized carbons (Fsp3) is 0.684. The summed E-state index contributed by atoms with van der Waals surface area (Å²) in [5.41, 5.74) is 0.501. The SMILES string of the molecule is O=C(CCN(CC1CCCO1)C(=O)c1ccoc1)NCCN1CCOCC1. The van der Waals surface area contributed by atoms with Gasteiger partial charge in [-0.15, -0.1) is 0 Å². The van der Waals surface area contributed by atoms with Gasteiger partial charge in [0.2, 0.25) is 5.91 Å². The molecule has 2 fully saturated rings. The van der Waals surface area contributed by atoms with Crippen molar-refractivity contribution in [3.05, 3.63) is 24.2 Å². The van der Waals surface area contributed by atoms with Gasteiger partial charge in [0, 0.05) is 52.3 Å². The van der Waals surface area contributed by atoms with E-state index in [-0.39, 0.29) is 24.3 Å². The molecule has 0 saturated carbocycles. The predicted octanol–water partition coefficient (Wildman–Crippen LogP) is 0.739. The Morgan fingerprint density at radius 3 is 2.81 bits per heavy atom. The van der Waals surface area contributed by atoms with Crippen molar-refractivity contribution in [3.8, 4) is 0 Å². The number of ether oxygens (including phenoxy) is 2. The van der Waals surface area contributed by atoms with Crippen LogP contribution in [0.15, 0.2) is 23.0 Å². The number of rotatable bonds is 9. The molecule has 27 heavy (non-hydrogen) atoms. The number of amides is 2. The lowest BCUT2D eigenvalue weighted by molar-refractivity contribution is -0.121. The fourth-order valence-corrected chi connectivity index (χ4v) is 3.38. The lowest BCUT2D eigenvalue weighted by Gasteiger charge is -2.27. The highest BCUT2D eigenvalue weighted by Gasteiger charge is 2.24. The Hall–Kier alpha value is -1.90. The van der Waals surface area contributed by atoms with Crippen LogP contribution in [0.5, 0.6) is 0 Å². The number of furan rings is 1. The van der Waals surface area contributed by atoms with Gasteiger partial charge in [-0.2, -0.15) is 0 Å². The summed E-state index contributed by atoms with van der Waals surface area (Å²) in [6.45, 7) is 6.36. The second-order valence-electron chi connectivity index (χ2n) is 6.95. The molecule has 2 saturated heterocycles. The lowest BCUT2D eigenvalue weighted by atomic mass is 10.2. The predicted molar refractivity (Wildman–Crippen MR) is 98.5 cm³/mol. The van der Waals surface area contributed by atoms with Crippen LogP contribution in [-0.2, 0) is 14.3 Å². The second-order valence-corrected chi connectivity index (χ2v) is 6.95. The van der Waals surface area contributed by atoms with Crippen LogP contribution in [0.1, 0.15) is 29.6 Å². The van der Waals surface area contributed by atoms with E-state index in [1.54, 1.807) is 11.0 Å². The van der Waals surface area contributed by atoms with Crippen molar-refractivity contribution in [1.29, 1.82) is 0 Å². The van der Waals surface area contributed by atoms with E-state index in [2.05, 4.69) is 10.2 Å². The van der Waals surface area contributed by atoms with Crippen molar-refractivity contribution in [2.75, 3.05) is 59.1 Å². The summed E-state index contributed by atoms with van der Waals surface area (Å²) >= 11 is 0. The van der Waals surface area contributed by atoms with Gasteiger partial charge < -0.3 is 24.1 Å². The molecule has 0 aromatic carbocycles. The molecule has 0 radical (unpaired) electrons. The van der Waals surface area contributed by atoms with Crippen LogP contribution in [0.3, 0.4) is 0 Å². The molecule has 1 aromatic rings. The van der Waals surface area contributed by atoms with Crippen molar-refractivity contribution in [1.82, 2.24) is 15.1 Å². The van der Waals surface area contributed by atoms with E-state index in [1.165, 1.54) is 12.5 Å². The quantitative estimate of drug-likeness (QED) is 0.681. The van der Waals surface area contributed by atoms with Gasteiger partial charge >= 0.3 is 0 Å². The maximum absolute atomic E-state index is 12.7. The van der Waals surface area contributed by atoms with Crippen LogP contribution in [0, 0.1) is 0 Å². The number of nitrogens with zero attached hydrogens (tertiary/aromatic N) is 2. The third-order valence-electron chi connectivity index (χ3n) is 4.97. The van der Waals surface area contributed by atoms with Gasteiger partial charge in [0.25, 0.3) is 5.91 Å². The van der Waals surface area contributed by atoms with Gasteiger partial charge in [0.05, 0.1) is 31.1 Å². The molecule has 1 atom stereocenters. The Morgan fingerprint density at radius 1 is 1.26 bits per heavy atom. The molecule has 8 nitrogen and oxygen atoms in total. The largest absolute Gasteiger partial charge is 0.472 e. The Kier molecular flexibility index (Phi) is 7.67. The summed E-state index contributed by atoms with van der Waals surface area (Å²) in [4.78, 5) is 28.9. The molecule has 0 aliphatic carbocycles. The maximum atomic E-state index is 12.7. The van der Waals surface area contributed by atoms with Crippen LogP contribution in [-0.4, -0.2) is 86.8 Å². The van der Waals surface area contributed by atoms with Gasteiger partial charge in [-0.05, 0) is 18.9 Å². The minimum Gasteiger partial charge on any atom is -0.472 e. The first-order valence-electron chi connectivity index (χ1n) is 9.72. The Morgan fingerprint density at radius 2 is 2.11 bits per heavy atom. The number of nitrogens with one attached hydrogen (secondary N) is 1. The summed E-state index contributed by atoms with van der Waals surface area (Å²) < 4.78 is 16.0. The van der Waals surface area contributed by atoms with Gasteiger partial charge in [-0.25, -0.2) is 0 Å². The summed E-state index contributed by atoms with van der Waals surface area (Å²) in [6.07, 6.45) is 5.20. The van der Waals surface area contributed by atoms with Crippen LogP contribution < -0.4 is 5.32 Å². The average molecular weight is 379 g/mol. The molecule has 1 unspecified atom stereocenters. The molecule has 150 valence electrons. The van der Waals surface area contributed by atoms with Gasteiger partial charge in [-0.1, -0.05) is 0 Å². The summed E-state index contributed by atoms with van der Waals surface area (Å²) in [6, 6.07) is 1.65. The van der Waals surface area contributed by atoms with Crippen molar-refractivity contribution in [3.63, 3.8) is 0 Å². The average Bonchev–Trinajstić information content (AvgIpc) is 3.39. The first-order valence-corrected chi connectivity index (χ1v) is 9.72. The molecule has 0 bridgehead atoms. The van der Waals surface area contributed by atoms with E-state index < -0.39 is 0 Å². The highest BCUT2D eigenvalue weighted by atomic mass is 16.5. The molecule has 0 spiro atoms. The van der Waals surface area contributed by atoms with E-state index in [0.717, 1.165) is 52.3 Å². The van der Waals surface area contributed by atoms with E-state index in [0.29, 0.717) is 25.2 Å². The zero-order chi connectivity index (χ0) is 18.9. The zero-order valence-electron chi connectivity index (χ0n) is 15.7. The lowest BCUT2D eigenvalue weighted by Crippen LogP contribution is -2.42. The van der Waals surface area contributed by atoms with Crippen molar-refractivity contribution in [2.45, 2.75) is 25.4 Å². The monoisotopic (exact) mass is 379 g/mol. The number of morpholine rings is 1. The van der Waals surface area contributed by atoms with Crippen LogP contribution in [0.4, 0.5) is 0 Å². The molecule has 1 aromatic heterocycles. The van der Waals surface area contributed by atoms with Crippen molar-refractivity contribution >= 4 is 11.8 Å². The first-order chi connectivity index (χ1) is 13.2. The normalized spacial score (nSPS) is 20.5. The Labute approximate surface area is 159 Å². The number of hydrogen-bond donors (Lipinski definition) is 1. The van der Waals surface area contributed by atoms with E-state index in [9.17, 15) is 9.59 Å². The smallest absolute Gasteiger partial charge is 0.257 e. The van der Waals surface area contributed by atoms with Crippen molar-refractivity contribution < 1.29 is 23.5 Å². The number of hydrogen-bond acceptors (Lipinski definition) is 6. The van der Waals surface area contributed by atoms with Gasteiger partial charge in [0.15, 0.2) is 0 Å². The molecule has 2 amide bonds. The van der Waals surface area contributed by atoms with Gasteiger partial charge in [-0.3, -0.25) is 14.5 Å². The Balaban J connectivity index is 1.43. The summed E-state index contributed by atoms with van der Waals surface area (Å²) in [7, 11) is 0. The van der Waals surface area contributed by atoms with Gasteiger partial charge in [0.1, 0.15) is 6.26 Å². The standard InChI is InChI=1S/C19H29N3O5/c23-18(20-5-7-21-8-12-25-13-9-21)3-6-22(14-17-2-1-10-27-17)19(24)16-4-11-26-15-16/h4,11,15,17H,1-3,5-10,12-14H2,(H,20,23). The van der Waals surface area contributed by atoms with E-state index in [4.69, 9.17) is 13.9 Å². The van der Waals surface area contributed by atoms with Crippen molar-refractivity contribution in [2.24, 2.45) is 0 Å². The molecule has 3 heterocycles. The highest BCUT2D eigenvalue weighted by molar-refractivity contribution is 5.94. The highest BCUT2D eigenvalue weighted by Crippen LogP contribution is 2.15. The first kappa shape index (κ1) is 19.9. The molecular formula is C19H29N3O5. The van der Waals surface area contributed by atoms with E-state index in [1.807, 2.05) is 0 Å². The zero-order valence-corrected chi connectivity index (χ0v) is 15.7. The molecule has 2 aliphatic heterocycles. The molecule has 3 rings (SSSR count). The maximum Gasteiger partial charge on any atom is 0.257 e. The number of carbonyl (C=O) groups excluding carboxylic acids is 2. The minimum atomic E-state index is -0.125. The van der Waals surface area contributed by atoms with Crippen LogP contribution >= 0.6 is 0 Å². The Bertz CT molecular complexity index is 580. The third-order valence-corrected chi connectivity index (χ3v) is 4.97. The fourth-order valence-electron chi connectivity index (χ4n) is 3.38. The summed E-state index contributed by atoms with van der Waals surface area (Å²) in [5, 5.41) is 2.94. The second kappa shape index (κ2) is 10.4. The third kappa shape index (κ3) is 6.34. The molecule has 8 heteroatoms. The molecular weight excluding hydrogens is 350 g/mol. The molecule has 1 N–H and O–H groups in total. The van der Waals surface area contributed by atoms with E-state index >= 15 is 0 Å². The summed E-state index contributed by atoms with van der Waals surface area (Å²) in [5.74, 6) is -0.166. The van der Waals surface area contributed by atoms with Crippen LogP contribution in [0.2, 0.25) is 0 Å². The topological polar surface area (TPSA) is 84.2 Å².